The molecule has 0 saturated carbocycles. The average Bonchev–Trinajstić information content (AvgIpc) is 3.13. The van der Waals surface area contributed by atoms with Gasteiger partial charge in [0.15, 0.2) is 10.6 Å². The first-order valence-corrected chi connectivity index (χ1v) is 11.3. The van der Waals surface area contributed by atoms with Crippen LogP contribution in [-0.4, -0.2) is 28.4 Å². The van der Waals surface area contributed by atoms with Gasteiger partial charge in [-0.15, -0.1) is 0 Å². The Kier molecular flexibility index (Phi) is 7.14. The van der Waals surface area contributed by atoms with E-state index < -0.39 is 0 Å². The van der Waals surface area contributed by atoms with E-state index in [4.69, 9.17) is 12.2 Å². The zero-order valence-corrected chi connectivity index (χ0v) is 19.9. The van der Waals surface area contributed by atoms with Gasteiger partial charge in [-0.05, 0) is 66.2 Å². The van der Waals surface area contributed by atoms with E-state index in [9.17, 15) is 0 Å². The lowest BCUT2D eigenvalue weighted by molar-refractivity contribution is 0.584. The van der Waals surface area contributed by atoms with E-state index in [1.54, 1.807) is 0 Å². The highest BCUT2D eigenvalue weighted by atomic mass is 32.1. The number of H-pyrrole nitrogens is 1. The summed E-state index contributed by atoms with van der Waals surface area (Å²) in [4.78, 5) is 2.37. The molecule has 3 rings (SSSR count). The van der Waals surface area contributed by atoms with Gasteiger partial charge in [0.25, 0.3) is 0 Å². The highest BCUT2D eigenvalue weighted by molar-refractivity contribution is 7.71. The molecule has 0 atom stereocenters. The van der Waals surface area contributed by atoms with Crippen LogP contribution in [0.4, 0.5) is 5.69 Å². The van der Waals surface area contributed by atoms with Crippen LogP contribution in [0.15, 0.2) is 42.5 Å². The minimum atomic E-state index is 0.463. The Morgan fingerprint density at radius 2 is 1.87 bits per heavy atom. The summed E-state index contributed by atoms with van der Waals surface area (Å²) in [6.07, 6.45) is 2.17. The molecule has 0 saturated heterocycles. The molecule has 0 unspecified atom stereocenters. The SMILES string of the molecule is CCc1ccc(-n2c(-c3cccc(C(C)C)c3)n[nH]c2=S)cc1N(C)CCC(C)C. The molecule has 5 heteroatoms. The second-order valence-corrected chi connectivity index (χ2v) is 9.13. The molecule has 0 amide bonds. The van der Waals surface area contributed by atoms with Crippen LogP contribution < -0.4 is 4.90 Å². The van der Waals surface area contributed by atoms with E-state index in [-0.39, 0.29) is 0 Å². The Hall–Kier alpha value is -2.40. The second kappa shape index (κ2) is 9.61. The molecule has 0 aliphatic carbocycles. The molecular formula is C25H34N4S. The first-order valence-electron chi connectivity index (χ1n) is 10.9. The third-order valence-corrected chi connectivity index (χ3v) is 5.92. The summed E-state index contributed by atoms with van der Waals surface area (Å²) in [5.41, 5.74) is 6.03. The number of nitrogens with zero attached hydrogens (tertiary/aromatic N) is 3. The molecule has 160 valence electrons. The molecular weight excluding hydrogens is 388 g/mol. The predicted molar refractivity (Wildman–Crippen MR) is 130 cm³/mol. The van der Waals surface area contributed by atoms with Gasteiger partial charge in [0.1, 0.15) is 0 Å². The summed E-state index contributed by atoms with van der Waals surface area (Å²) in [6.45, 7) is 12.2. The fourth-order valence-electron chi connectivity index (χ4n) is 3.68. The molecule has 2 aromatic carbocycles. The highest BCUT2D eigenvalue weighted by Gasteiger charge is 2.15. The van der Waals surface area contributed by atoms with E-state index in [1.165, 1.54) is 23.2 Å². The number of nitrogens with one attached hydrogen (secondary N) is 1. The van der Waals surface area contributed by atoms with Crippen LogP contribution in [0, 0.1) is 10.7 Å². The fraction of sp³-hybridized carbons (Fsp3) is 0.440. The summed E-state index contributed by atoms with van der Waals surface area (Å²) >= 11 is 5.63. The predicted octanol–water partition coefficient (Wildman–Crippen LogP) is 6.76. The molecule has 1 heterocycles. The third kappa shape index (κ3) is 4.84. The monoisotopic (exact) mass is 422 g/mol. The van der Waals surface area contributed by atoms with Gasteiger partial charge in [0, 0.05) is 24.8 Å². The van der Waals surface area contributed by atoms with Crippen molar-refractivity contribution in [1.82, 2.24) is 14.8 Å². The maximum atomic E-state index is 5.63. The Morgan fingerprint density at radius 1 is 1.10 bits per heavy atom. The molecule has 0 bridgehead atoms. The van der Waals surface area contributed by atoms with Gasteiger partial charge in [-0.25, -0.2) is 0 Å². The quantitative estimate of drug-likeness (QED) is 0.407. The Bertz CT molecular complexity index is 1050. The van der Waals surface area contributed by atoms with Crippen molar-refractivity contribution in [3.8, 4) is 17.1 Å². The van der Waals surface area contributed by atoms with E-state index in [2.05, 4.69) is 99.2 Å². The largest absolute Gasteiger partial charge is 0.374 e. The molecule has 0 spiro atoms. The van der Waals surface area contributed by atoms with Crippen LogP contribution >= 0.6 is 12.2 Å². The number of hydrogen-bond donors (Lipinski definition) is 1. The van der Waals surface area contributed by atoms with Crippen LogP contribution in [0.2, 0.25) is 0 Å². The third-order valence-electron chi connectivity index (χ3n) is 5.64. The van der Waals surface area contributed by atoms with Crippen LogP contribution in [0.3, 0.4) is 0 Å². The first kappa shape index (κ1) is 22.3. The van der Waals surface area contributed by atoms with E-state index in [0.29, 0.717) is 16.6 Å². The molecule has 1 N–H and O–H groups in total. The number of aromatic amines is 1. The molecule has 0 aliphatic heterocycles. The molecule has 0 aliphatic rings. The van der Waals surface area contributed by atoms with Gasteiger partial charge in [-0.1, -0.05) is 58.9 Å². The number of hydrogen-bond acceptors (Lipinski definition) is 3. The second-order valence-electron chi connectivity index (χ2n) is 8.74. The van der Waals surface area contributed by atoms with Crippen molar-refractivity contribution in [2.24, 2.45) is 5.92 Å². The van der Waals surface area contributed by atoms with Gasteiger partial charge in [-0.3, -0.25) is 9.67 Å². The van der Waals surface area contributed by atoms with Crippen LogP contribution in [0.5, 0.6) is 0 Å². The number of rotatable bonds is 8. The van der Waals surface area contributed by atoms with Gasteiger partial charge >= 0.3 is 0 Å². The van der Waals surface area contributed by atoms with Gasteiger partial charge in [0.05, 0.1) is 5.69 Å². The number of aromatic nitrogens is 3. The van der Waals surface area contributed by atoms with Crippen molar-refractivity contribution >= 4 is 17.9 Å². The maximum absolute atomic E-state index is 5.63. The van der Waals surface area contributed by atoms with E-state index in [0.717, 1.165) is 30.0 Å². The van der Waals surface area contributed by atoms with E-state index in [1.807, 2.05) is 4.57 Å². The highest BCUT2D eigenvalue weighted by Crippen LogP contribution is 2.29. The lowest BCUT2D eigenvalue weighted by Gasteiger charge is -2.24. The fourth-order valence-corrected chi connectivity index (χ4v) is 3.92. The Morgan fingerprint density at radius 3 is 2.53 bits per heavy atom. The molecule has 4 nitrogen and oxygen atoms in total. The molecule has 0 radical (unpaired) electrons. The minimum absolute atomic E-state index is 0.463. The summed E-state index contributed by atoms with van der Waals surface area (Å²) < 4.78 is 2.66. The Balaban J connectivity index is 2.07. The van der Waals surface area contributed by atoms with Crippen molar-refractivity contribution in [3.05, 3.63) is 58.4 Å². The summed E-state index contributed by atoms with van der Waals surface area (Å²) in [5, 5.41) is 7.57. The zero-order chi connectivity index (χ0) is 21.8. The summed E-state index contributed by atoms with van der Waals surface area (Å²) in [5.74, 6) is 2.00. The van der Waals surface area contributed by atoms with Crippen molar-refractivity contribution in [2.45, 2.75) is 53.4 Å². The van der Waals surface area contributed by atoms with Crippen LogP contribution in [-0.2, 0) is 6.42 Å². The molecule has 3 aromatic rings. The minimum Gasteiger partial charge on any atom is -0.374 e. The lowest BCUT2D eigenvalue weighted by Crippen LogP contribution is -2.21. The van der Waals surface area contributed by atoms with Crippen LogP contribution in [0.1, 0.15) is 58.1 Å². The smallest absolute Gasteiger partial charge is 0.200 e. The van der Waals surface area contributed by atoms with Gasteiger partial charge in [-0.2, -0.15) is 5.10 Å². The standard InChI is InChI=1S/C25H34N4S/c1-7-19-11-12-22(16-23(19)28(6)14-13-17(2)3)29-24(26-27-25(29)30)21-10-8-9-20(15-21)18(4)5/h8-12,15-18H,7,13-14H2,1-6H3,(H,27,30). The molecule has 1 aromatic heterocycles. The van der Waals surface area contributed by atoms with Crippen molar-refractivity contribution in [2.75, 3.05) is 18.5 Å². The number of aryl methyl sites for hydroxylation is 1. The average molecular weight is 423 g/mol. The van der Waals surface area contributed by atoms with Crippen molar-refractivity contribution < 1.29 is 0 Å². The molecule has 30 heavy (non-hydrogen) atoms. The van der Waals surface area contributed by atoms with Gasteiger partial charge in [0.2, 0.25) is 0 Å². The van der Waals surface area contributed by atoms with Crippen molar-refractivity contribution in [1.29, 1.82) is 0 Å². The molecule has 0 fully saturated rings. The normalized spacial score (nSPS) is 11.5. The summed E-state index contributed by atoms with van der Waals surface area (Å²) in [6, 6.07) is 15.2. The Labute approximate surface area is 186 Å². The van der Waals surface area contributed by atoms with Crippen LogP contribution in [0.25, 0.3) is 17.1 Å². The summed E-state index contributed by atoms with van der Waals surface area (Å²) in [7, 11) is 2.18. The lowest BCUT2D eigenvalue weighted by atomic mass is 10.0. The topological polar surface area (TPSA) is 36.9 Å². The number of anilines is 1. The maximum Gasteiger partial charge on any atom is 0.200 e. The first-order chi connectivity index (χ1) is 14.3. The number of benzene rings is 2. The van der Waals surface area contributed by atoms with Gasteiger partial charge < -0.3 is 4.90 Å². The zero-order valence-electron chi connectivity index (χ0n) is 19.1. The van der Waals surface area contributed by atoms with E-state index >= 15 is 0 Å². The van der Waals surface area contributed by atoms with Crippen molar-refractivity contribution in [3.63, 3.8) is 0 Å².